The Morgan fingerprint density at radius 3 is 1.96 bits per heavy atom. The zero-order chi connectivity index (χ0) is 36.3. The molecule has 260 valence electrons. The van der Waals surface area contributed by atoms with E-state index in [4.69, 9.17) is 4.42 Å². The Bertz CT molecular complexity index is 3110. The topological polar surface area (TPSA) is 21.3 Å². The molecule has 1 atom stereocenters. The molecule has 55 heavy (non-hydrogen) atoms. The number of rotatable bonds is 6. The minimum absolute atomic E-state index is 0.358. The molecule has 2 heterocycles. The van der Waals surface area contributed by atoms with Crippen LogP contribution in [0, 0.1) is 0 Å². The Morgan fingerprint density at radius 2 is 1.16 bits per heavy atom. The van der Waals surface area contributed by atoms with Crippen molar-refractivity contribution in [3.05, 3.63) is 211 Å². The third-order valence-electron chi connectivity index (χ3n) is 11.3. The van der Waals surface area contributed by atoms with E-state index >= 15 is 0 Å². The first-order valence-electron chi connectivity index (χ1n) is 19.0. The molecule has 0 fully saturated rings. The van der Waals surface area contributed by atoms with Crippen LogP contribution >= 0.6 is 0 Å². The maximum absolute atomic E-state index is 6.36. The average Bonchev–Trinajstić information content (AvgIpc) is 3.80. The van der Waals surface area contributed by atoms with E-state index in [1.54, 1.807) is 0 Å². The Balaban J connectivity index is 0.962. The summed E-state index contributed by atoms with van der Waals surface area (Å²) in [5, 5.41) is 7.32. The molecule has 0 saturated carbocycles. The highest BCUT2D eigenvalue weighted by atomic mass is 16.3. The minimum atomic E-state index is 0.358. The van der Waals surface area contributed by atoms with E-state index < -0.39 is 0 Å². The first kappa shape index (κ1) is 31.4. The number of fused-ring (bicyclic) bond motifs is 8. The molecule has 11 rings (SSSR count). The van der Waals surface area contributed by atoms with Crippen LogP contribution in [-0.4, -0.2) is 4.57 Å². The molecule has 8 aromatic carbocycles. The number of hydrogen-bond donors (Lipinski definition) is 0. The summed E-state index contributed by atoms with van der Waals surface area (Å²) in [4.78, 5) is 2.35. The molecular formula is C52H36N2O. The van der Waals surface area contributed by atoms with Gasteiger partial charge < -0.3 is 13.9 Å². The molecule has 0 aliphatic heterocycles. The third-order valence-corrected chi connectivity index (χ3v) is 11.3. The summed E-state index contributed by atoms with van der Waals surface area (Å²) in [5.74, 6) is 0.358. The number of aromatic nitrogens is 1. The standard InChI is InChI=1S/C52H36N2O/c1-2-10-35(11-3-1)36-18-25-40(26-19-36)53(43-31-33-47-46-15-7-9-17-50(46)55-51(47)34-43)41-27-20-37(21-28-41)38-22-29-42(30-23-38)54-49-16-8-6-14-45(49)48-32-24-39-12-4-5-13-44(39)52(48)54/h1-18,20-34,36H,19H2. The lowest BCUT2D eigenvalue weighted by molar-refractivity contribution is 0.669. The van der Waals surface area contributed by atoms with Crippen molar-refractivity contribution in [2.45, 2.75) is 12.3 Å². The Kier molecular flexibility index (Phi) is 7.31. The lowest BCUT2D eigenvalue weighted by atomic mass is 9.91. The van der Waals surface area contributed by atoms with Crippen LogP contribution in [0.1, 0.15) is 17.9 Å². The Labute approximate surface area is 319 Å². The molecule has 1 aliphatic rings. The summed E-state index contributed by atoms with van der Waals surface area (Å²) in [6.07, 6.45) is 7.91. The number of para-hydroxylation sites is 2. The molecule has 0 N–H and O–H groups in total. The molecule has 1 unspecified atom stereocenters. The van der Waals surface area contributed by atoms with Crippen LogP contribution in [0.25, 0.3) is 71.3 Å². The maximum Gasteiger partial charge on any atom is 0.137 e. The predicted octanol–water partition coefficient (Wildman–Crippen LogP) is 14.3. The van der Waals surface area contributed by atoms with Gasteiger partial charge in [0.25, 0.3) is 0 Å². The smallest absolute Gasteiger partial charge is 0.137 e. The van der Waals surface area contributed by atoms with E-state index in [9.17, 15) is 0 Å². The average molecular weight is 705 g/mol. The highest BCUT2D eigenvalue weighted by molar-refractivity contribution is 6.18. The van der Waals surface area contributed by atoms with Gasteiger partial charge in [0.2, 0.25) is 0 Å². The van der Waals surface area contributed by atoms with Crippen molar-refractivity contribution in [3.8, 4) is 16.8 Å². The van der Waals surface area contributed by atoms with Gasteiger partial charge in [-0.2, -0.15) is 0 Å². The minimum Gasteiger partial charge on any atom is -0.456 e. The molecular weight excluding hydrogens is 669 g/mol. The molecule has 0 bridgehead atoms. The summed E-state index contributed by atoms with van der Waals surface area (Å²) < 4.78 is 8.78. The van der Waals surface area contributed by atoms with Gasteiger partial charge in [0.05, 0.1) is 11.0 Å². The van der Waals surface area contributed by atoms with Crippen LogP contribution in [0.2, 0.25) is 0 Å². The van der Waals surface area contributed by atoms with E-state index in [1.165, 1.54) is 49.3 Å². The van der Waals surface area contributed by atoms with E-state index in [2.05, 4.69) is 198 Å². The zero-order valence-corrected chi connectivity index (χ0v) is 30.1. The third kappa shape index (κ3) is 5.27. The fourth-order valence-corrected chi connectivity index (χ4v) is 8.63. The number of hydrogen-bond acceptors (Lipinski definition) is 2. The first-order chi connectivity index (χ1) is 27.3. The molecule has 0 amide bonds. The van der Waals surface area contributed by atoms with Crippen molar-refractivity contribution in [1.29, 1.82) is 0 Å². The lowest BCUT2D eigenvalue weighted by Gasteiger charge is -2.29. The SMILES string of the molecule is C1=CC(c2ccccc2)CC=C1N(c1ccc(-c2ccc(-n3c4ccccc4c4ccc5ccccc5c43)cc2)cc1)c1ccc2c(c1)oc1ccccc12. The molecule has 2 aromatic heterocycles. The van der Waals surface area contributed by atoms with Crippen LogP contribution in [0.3, 0.4) is 0 Å². The normalized spacial score (nSPS) is 14.3. The summed E-state index contributed by atoms with van der Waals surface area (Å²) in [6, 6.07) is 65.5. The maximum atomic E-state index is 6.36. The van der Waals surface area contributed by atoms with Gasteiger partial charge in [0, 0.05) is 61.7 Å². The Morgan fingerprint density at radius 1 is 0.509 bits per heavy atom. The highest BCUT2D eigenvalue weighted by Crippen LogP contribution is 2.40. The van der Waals surface area contributed by atoms with E-state index in [-0.39, 0.29) is 0 Å². The fraction of sp³-hybridized carbons (Fsp3) is 0.0385. The second-order valence-electron chi connectivity index (χ2n) is 14.5. The first-order valence-corrected chi connectivity index (χ1v) is 19.0. The molecule has 0 radical (unpaired) electrons. The molecule has 0 spiro atoms. The second-order valence-corrected chi connectivity index (χ2v) is 14.5. The summed E-state index contributed by atoms with van der Waals surface area (Å²) in [5.41, 5.74) is 12.4. The summed E-state index contributed by atoms with van der Waals surface area (Å²) in [6.45, 7) is 0. The van der Waals surface area contributed by atoms with Gasteiger partial charge in [-0.05, 0) is 83.1 Å². The van der Waals surface area contributed by atoms with Crippen LogP contribution in [0.4, 0.5) is 11.4 Å². The number of furan rings is 1. The largest absolute Gasteiger partial charge is 0.456 e. The van der Waals surface area contributed by atoms with Gasteiger partial charge in [-0.1, -0.05) is 140 Å². The van der Waals surface area contributed by atoms with Gasteiger partial charge in [0.15, 0.2) is 0 Å². The summed E-state index contributed by atoms with van der Waals surface area (Å²) in [7, 11) is 0. The Hall–Kier alpha value is -7.10. The highest BCUT2D eigenvalue weighted by Gasteiger charge is 2.20. The molecule has 3 heteroatoms. The fourth-order valence-electron chi connectivity index (χ4n) is 8.63. The van der Waals surface area contributed by atoms with E-state index in [0.29, 0.717) is 5.92 Å². The van der Waals surface area contributed by atoms with Gasteiger partial charge >= 0.3 is 0 Å². The van der Waals surface area contributed by atoms with Crippen molar-refractivity contribution >= 4 is 65.9 Å². The molecule has 1 aliphatic carbocycles. The molecule has 10 aromatic rings. The van der Waals surface area contributed by atoms with Crippen molar-refractivity contribution in [2.75, 3.05) is 4.90 Å². The van der Waals surface area contributed by atoms with Crippen LogP contribution in [0.15, 0.2) is 210 Å². The molecule has 3 nitrogen and oxygen atoms in total. The number of allylic oxidation sites excluding steroid dienone is 3. The quantitative estimate of drug-likeness (QED) is 0.172. The second kappa shape index (κ2) is 12.8. The zero-order valence-electron chi connectivity index (χ0n) is 30.1. The van der Waals surface area contributed by atoms with Crippen LogP contribution in [-0.2, 0) is 0 Å². The van der Waals surface area contributed by atoms with Crippen molar-refractivity contribution in [1.82, 2.24) is 4.57 Å². The van der Waals surface area contributed by atoms with Gasteiger partial charge in [-0.25, -0.2) is 0 Å². The number of anilines is 2. The van der Waals surface area contributed by atoms with Crippen molar-refractivity contribution in [2.24, 2.45) is 0 Å². The van der Waals surface area contributed by atoms with Crippen LogP contribution < -0.4 is 4.90 Å². The van der Waals surface area contributed by atoms with Crippen LogP contribution in [0.5, 0.6) is 0 Å². The molecule has 0 saturated heterocycles. The number of benzene rings is 8. The number of nitrogens with zero attached hydrogens (tertiary/aromatic N) is 2. The van der Waals surface area contributed by atoms with Gasteiger partial charge in [-0.15, -0.1) is 0 Å². The predicted molar refractivity (Wildman–Crippen MR) is 231 cm³/mol. The van der Waals surface area contributed by atoms with Crippen molar-refractivity contribution in [3.63, 3.8) is 0 Å². The lowest BCUT2D eigenvalue weighted by Crippen LogP contribution is -2.17. The van der Waals surface area contributed by atoms with E-state index in [1.807, 2.05) is 12.1 Å². The monoisotopic (exact) mass is 704 g/mol. The van der Waals surface area contributed by atoms with Gasteiger partial charge in [-0.3, -0.25) is 0 Å². The van der Waals surface area contributed by atoms with Gasteiger partial charge in [0.1, 0.15) is 11.2 Å². The summed E-state index contributed by atoms with van der Waals surface area (Å²) >= 11 is 0. The van der Waals surface area contributed by atoms with E-state index in [0.717, 1.165) is 51.1 Å². The van der Waals surface area contributed by atoms with Crippen molar-refractivity contribution < 1.29 is 4.42 Å².